The predicted octanol–water partition coefficient (Wildman–Crippen LogP) is 3.35. The standard InChI is InChI=1S/C19H15NO3/c1-23-18(21)11-12-10-17-14-7-2-3-8-15(14)19(22)20(17)16-9-5-4-6-13(12)16/h2-9,11,17H,10H2,1H3/b12-11+. The van der Waals surface area contributed by atoms with Gasteiger partial charge in [-0.05, 0) is 29.7 Å². The second-order valence-corrected chi connectivity index (χ2v) is 5.69. The Morgan fingerprint density at radius 3 is 2.61 bits per heavy atom. The smallest absolute Gasteiger partial charge is 0.330 e. The molecule has 23 heavy (non-hydrogen) atoms. The number of methoxy groups -OCH3 is 1. The summed E-state index contributed by atoms with van der Waals surface area (Å²) in [6.07, 6.45) is 2.14. The minimum atomic E-state index is -0.374. The first kappa shape index (κ1) is 13.8. The number of benzene rings is 2. The van der Waals surface area contributed by atoms with Crippen LogP contribution in [-0.2, 0) is 9.53 Å². The fraction of sp³-hybridized carbons (Fsp3) is 0.158. The fourth-order valence-corrected chi connectivity index (χ4v) is 3.48. The van der Waals surface area contributed by atoms with Gasteiger partial charge in [-0.25, -0.2) is 4.79 Å². The molecule has 4 nitrogen and oxygen atoms in total. The fourth-order valence-electron chi connectivity index (χ4n) is 3.48. The number of carbonyl (C=O) groups is 2. The Morgan fingerprint density at radius 2 is 1.83 bits per heavy atom. The van der Waals surface area contributed by atoms with E-state index in [4.69, 9.17) is 4.74 Å². The van der Waals surface area contributed by atoms with Gasteiger partial charge in [-0.3, -0.25) is 9.69 Å². The lowest BCUT2D eigenvalue weighted by Gasteiger charge is -2.33. The van der Waals surface area contributed by atoms with E-state index in [2.05, 4.69) is 0 Å². The molecule has 2 aliphatic heterocycles. The zero-order chi connectivity index (χ0) is 16.0. The highest BCUT2D eigenvalue weighted by atomic mass is 16.5. The molecule has 1 atom stereocenters. The maximum absolute atomic E-state index is 12.8. The number of ether oxygens (including phenoxy) is 1. The molecule has 2 heterocycles. The molecule has 4 rings (SSSR count). The maximum atomic E-state index is 12.8. The van der Waals surface area contributed by atoms with Gasteiger partial charge in [0.05, 0.1) is 18.8 Å². The molecule has 4 heteroatoms. The predicted molar refractivity (Wildman–Crippen MR) is 87.0 cm³/mol. The first-order valence-electron chi connectivity index (χ1n) is 7.51. The Labute approximate surface area is 134 Å². The molecule has 0 aromatic heterocycles. The van der Waals surface area contributed by atoms with Gasteiger partial charge in [-0.15, -0.1) is 0 Å². The van der Waals surface area contributed by atoms with Gasteiger partial charge in [0.25, 0.3) is 5.91 Å². The van der Waals surface area contributed by atoms with Crippen LogP contribution < -0.4 is 4.90 Å². The molecule has 0 N–H and O–H groups in total. The molecule has 0 saturated carbocycles. The second kappa shape index (κ2) is 5.09. The second-order valence-electron chi connectivity index (χ2n) is 5.69. The van der Waals surface area contributed by atoms with E-state index in [0.717, 1.165) is 28.0 Å². The maximum Gasteiger partial charge on any atom is 0.330 e. The Balaban J connectivity index is 1.91. The highest BCUT2D eigenvalue weighted by Gasteiger charge is 2.41. The lowest BCUT2D eigenvalue weighted by Crippen LogP contribution is -2.31. The number of amides is 1. The van der Waals surface area contributed by atoms with Crippen LogP contribution in [0.5, 0.6) is 0 Å². The number of carbonyl (C=O) groups excluding carboxylic acids is 2. The van der Waals surface area contributed by atoms with Crippen molar-refractivity contribution in [3.8, 4) is 0 Å². The van der Waals surface area contributed by atoms with Crippen molar-refractivity contribution in [2.24, 2.45) is 0 Å². The van der Waals surface area contributed by atoms with Gasteiger partial charge in [0.1, 0.15) is 0 Å². The van der Waals surface area contributed by atoms with Gasteiger partial charge in [-0.1, -0.05) is 36.4 Å². The number of para-hydroxylation sites is 1. The van der Waals surface area contributed by atoms with Crippen molar-refractivity contribution in [2.75, 3.05) is 12.0 Å². The zero-order valence-electron chi connectivity index (χ0n) is 12.7. The summed E-state index contributed by atoms with van der Waals surface area (Å²) >= 11 is 0. The molecule has 0 spiro atoms. The largest absolute Gasteiger partial charge is 0.466 e. The number of anilines is 1. The molecule has 0 aliphatic carbocycles. The number of fused-ring (bicyclic) bond motifs is 5. The van der Waals surface area contributed by atoms with Crippen molar-refractivity contribution in [3.63, 3.8) is 0 Å². The van der Waals surface area contributed by atoms with Crippen LogP contribution in [0.25, 0.3) is 5.57 Å². The van der Waals surface area contributed by atoms with Crippen LogP contribution in [0.4, 0.5) is 5.69 Å². The summed E-state index contributed by atoms with van der Waals surface area (Å²) in [5.41, 5.74) is 4.42. The van der Waals surface area contributed by atoms with Crippen LogP contribution in [0.2, 0.25) is 0 Å². The summed E-state index contributed by atoms with van der Waals surface area (Å²) in [5, 5.41) is 0. The molecule has 0 fully saturated rings. The molecule has 1 unspecified atom stereocenters. The quantitative estimate of drug-likeness (QED) is 0.599. The summed E-state index contributed by atoms with van der Waals surface area (Å²) in [5.74, 6) is -0.351. The first-order chi connectivity index (χ1) is 11.2. The molecule has 1 amide bonds. The number of hydrogen-bond acceptors (Lipinski definition) is 3. The summed E-state index contributed by atoms with van der Waals surface area (Å²) in [6, 6.07) is 15.3. The topological polar surface area (TPSA) is 46.6 Å². The van der Waals surface area contributed by atoms with Gasteiger partial charge >= 0.3 is 5.97 Å². The van der Waals surface area contributed by atoms with Gasteiger partial charge in [0.15, 0.2) is 0 Å². The molecular weight excluding hydrogens is 290 g/mol. The first-order valence-corrected chi connectivity index (χ1v) is 7.51. The van der Waals surface area contributed by atoms with Crippen molar-refractivity contribution in [1.29, 1.82) is 0 Å². The number of nitrogens with zero attached hydrogens (tertiary/aromatic N) is 1. The molecule has 0 bridgehead atoms. The SMILES string of the molecule is COC(=O)/C=C1\CC2c3ccccc3C(=O)N2c2ccccc21. The normalized spacial score (nSPS) is 20.0. The van der Waals surface area contributed by atoms with Crippen LogP contribution in [-0.4, -0.2) is 19.0 Å². The molecule has 2 aromatic carbocycles. The lowest BCUT2D eigenvalue weighted by atomic mass is 9.89. The van der Waals surface area contributed by atoms with Crippen molar-refractivity contribution < 1.29 is 14.3 Å². The molecular formula is C19H15NO3. The molecule has 0 saturated heterocycles. The Morgan fingerprint density at radius 1 is 1.13 bits per heavy atom. The van der Waals surface area contributed by atoms with Crippen molar-refractivity contribution >= 4 is 23.1 Å². The Bertz CT molecular complexity index is 853. The summed E-state index contributed by atoms with van der Waals surface area (Å²) in [7, 11) is 1.37. The minimum Gasteiger partial charge on any atom is -0.466 e. The van der Waals surface area contributed by atoms with Gasteiger partial charge < -0.3 is 4.74 Å². The van der Waals surface area contributed by atoms with Crippen molar-refractivity contribution in [1.82, 2.24) is 0 Å². The van der Waals surface area contributed by atoms with E-state index in [1.54, 1.807) is 0 Å². The van der Waals surface area contributed by atoms with E-state index in [1.807, 2.05) is 53.4 Å². The van der Waals surface area contributed by atoms with Gasteiger partial charge in [0, 0.05) is 17.2 Å². The zero-order valence-corrected chi connectivity index (χ0v) is 12.7. The van der Waals surface area contributed by atoms with E-state index in [0.29, 0.717) is 6.42 Å². The van der Waals surface area contributed by atoms with Crippen LogP contribution in [0, 0.1) is 0 Å². The third kappa shape index (κ3) is 1.99. The van der Waals surface area contributed by atoms with Gasteiger partial charge in [-0.2, -0.15) is 0 Å². The summed E-state index contributed by atoms with van der Waals surface area (Å²) < 4.78 is 4.77. The van der Waals surface area contributed by atoms with Crippen molar-refractivity contribution in [3.05, 3.63) is 71.3 Å². The van der Waals surface area contributed by atoms with E-state index in [9.17, 15) is 9.59 Å². The third-order valence-electron chi connectivity index (χ3n) is 4.50. The number of rotatable bonds is 1. The van der Waals surface area contributed by atoms with E-state index in [1.165, 1.54) is 13.2 Å². The van der Waals surface area contributed by atoms with Crippen LogP contribution in [0.1, 0.15) is 33.9 Å². The van der Waals surface area contributed by atoms with Gasteiger partial charge in [0.2, 0.25) is 0 Å². The molecule has 2 aromatic rings. The van der Waals surface area contributed by atoms with E-state index in [-0.39, 0.29) is 17.9 Å². The van der Waals surface area contributed by atoms with Crippen LogP contribution >= 0.6 is 0 Å². The van der Waals surface area contributed by atoms with E-state index < -0.39 is 0 Å². The van der Waals surface area contributed by atoms with Crippen LogP contribution in [0.15, 0.2) is 54.6 Å². The molecule has 2 aliphatic rings. The van der Waals surface area contributed by atoms with Crippen molar-refractivity contribution in [2.45, 2.75) is 12.5 Å². The van der Waals surface area contributed by atoms with Crippen LogP contribution in [0.3, 0.4) is 0 Å². The average molecular weight is 305 g/mol. The Hall–Kier alpha value is -2.88. The average Bonchev–Trinajstić information content (AvgIpc) is 2.88. The minimum absolute atomic E-state index is 0.0233. The highest BCUT2D eigenvalue weighted by molar-refractivity contribution is 6.14. The lowest BCUT2D eigenvalue weighted by molar-refractivity contribution is -0.134. The summed E-state index contributed by atoms with van der Waals surface area (Å²) in [6.45, 7) is 0. The summed E-state index contributed by atoms with van der Waals surface area (Å²) in [4.78, 5) is 26.3. The Kier molecular flexibility index (Phi) is 3.05. The monoisotopic (exact) mass is 305 g/mol. The molecule has 0 radical (unpaired) electrons. The highest BCUT2D eigenvalue weighted by Crippen LogP contribution is 2.49. The molecule has 114 valence electrons. The number of esters is 1. The van der Waals surface area contributed by atoms with E-state index >= 15 is 0 Å². The number of hydrogen-bond donors (Lipinski definition) is 0. The third-order valence-corrected chi connectivity index (χ3v) is 4.50.